The summed E-state index contributed by atoms with van der Waals surface area (Å²) in [6.07, 6.45) is 1.15. The van der Waals surface area contributed by atoms with Crippen molar-refractivity contribution < 1.29 is 19.9 Å². The number of carboxylic acids is 1. The normalized spacial score (nSPS) is 9.69. The van der Waals surface area contributed by atoms with E-state index in [1.165, 1.54) is 6.07 Å². The van der Waals surface area contributed by atoms with Crippen LogP contribution in [0.3, 0.4) is 0 Å². The number of nitrogens with zero attached hydrogens (tertiary/aromatic N) is 1. The maximum Gasteiger partial charge on any atom is 0.490 e. The predicted molar refractivity (Wildman–Crippen MR) is 45.4 cm³/mol. The zero-order valence-corrected chi connectivity index (χ0v) is 6.51. The van der Waals surface area contributed by atoms with E-state index in [1.807, 2.05) is 0 Å². The minimum absolute atomic E-state index is 0.0626. The highest BCUT2D eigenvalue weighted by Gasteiger charge is 2.20. The molecule has 1 rings (SSSR count). The molecule has 68 valence electrons. The third-order valence-electron chi connectivity index (χ3n) is 1.50. The lowest BCUT2D eigenvalue weighted by molar-refractivity contribution is 0.0692. The van der Waals surface area contributed by atoms with Crippen LogP contribution in [-0.4, -0.2) is 33.2 Å². The monoisotopic (exact) mass is 182 g/mol. The molecule has 6 nitrogen and oxygen atoms in total. The number of nitrogen functional groups attached to an aromatic ring is 1. The van der Waals surface area contributed by atoms with Gasteiger partial charge in [-0.2, -0.15) is 0 Å². The van der Waals surface area contributed by atoms with Crippen molar-refractivity contribution in [3.63, 3.8) is 0 Å². The minimum Gasteiger partial charge on any atom is -0.476 e. The summed E-state index contributed by atoms with van der Waals surface area (Å²) in [6.45, 7) is 0. The van der Waals surface area contributed by atoms with Gasteiger partial charge in [0.15, 0.2) is 5.69 Å². The van der Waals surface area contributed by atoms with E-state index >= 15 is 0 Å². The van der Waals surface area contributed by atoms with Crippen LogP contribution >= 0.6 is 0 Å². The second-order valence-corrected chi connectivity index (χ2v) is 2.34. The number of aromatic nitrogens is 1. The standard InChI is InChI=1S/C6H7BN2O4/c8-4-3(7(12)13)1-2-9-5(4)6(10)11/h1-2,12-13H,8H2,(H,10,11). The first-order valence-corrected chi connectivity index (χ1v) is 3.38. The van der Waals surface area contributed by atoms with Crippen LogP contribution in [-0.2, 0) is 0 Å². The Kier molecular flexibility index (Phi) is 2.50. The molecule has 1 aromatic heterocycles. The summed E-state index contributed by atoms with van der Waals surface area (Å²) in [5.41, 5.74) is 4.64. The van der Waals surface area contributed by atoms with Crippen LogP contribution in [0.4, 0.5) is 5.69 Å². The summed E-state index contributed by atoms with van der Waals surface area (Å²) in [5, 5.41) is 26.1. The highest BCUT2D eigenvalue weighted by Crippen LogP contribution is 2.04. The predicted octanol–water partition coefficient (Wildman–Crippen LogP) is -1.96. The molecular weight excluding hydrogens is 175 g/mol. The number of hydrogen-bond donors (Lipinski definition) is 4. The summed E-state index contributed by atoms with van der Waals surface area (Å²) in [5.74, 6) is -1.31. The second kappa shape index (κ2) is 3.42. The fraction of sp³-hybridized carbons (Fsp3) is 0. The molecule has 0 saturated carbocycles. The Morgan fingerprint density at radius 3 is 2.62 bits per heavy atom. The van der Waals surface area contributed by atoms with Gasteiger partial charge in [-0.1, -0.05) is 0 Å². The Hall–Kier alpha value is -1.60. The molecule has 0 aliphatic heterocycles. The Bertz CT molecular complexity index is 341. The van der Waals surface area contributed by atoms with Crippen molar-refractivity contribution >= 4 is 24.2 Å². The molecule has 1 aromatic rings. The summed E-state index contributed by atoms with van der Waals surface area (Å²) in [7, 11) is -1.79. The van der Waals surface area contributed by atoms with Crippen molar-refractivity contribution in [2.24, 2.45) is 0 Å². The van der Waals surface area contributed by atoms with Gasteiger partial charge in [0.2, 0.25) is 0 Å². The molecule has 0 spiro atoms. The molecule has 0 aliphatic rings. The molecule has 7 heteroatoms. The smallest absolute Gasteiger partial charge is 0.476 e. The van der Waals surface area contributed by atoms with Gasteiger partial charge in [0.05, 0.1) is 5.69 Å². The van der Waals surface area contributed by atoms with Gasteiger partial charge in [-0.3, -0.25) is 0 Å². The lowest BCUT2D eigenvalue weighted by atomic mass is 9.79. The van der Waals surface area contributed by atoms with Gasteiger partial charge in [0, 0.05) is 11.7 Å². The van der Waals surface area contributed by atoms with Crippen LogP contribution in [0, 0.1) is 0 Å². The summed E-state index contributed by atoms with van der Waals surface area (Å²) >= 11 is 0. The van der Waals surface area contributed by atoms with Crippen molar-refractivity contribution in [3.05, 3.63) is 18.0 Å². The van der Waals surface area contributed by atoms with Gasteiger partial charge in [0.25, 0.3) is 0 Å². The molecule has 0 atom stereocenters. The van der Waals surface area contributed by atoms with Crippen LogP contribution in [0.25, 0.3) is 0 Å². The van der Waals surface area contributed by atoms with Crippen LogP contribution in [0.5, 0.6) is 0 Å². The quantitative estimate of drug-likeness (QED) is 0.394. The molecule has 0 radical (unpaired) electrons. The Labute approximate surface area is 73.8 Å². The molecule has 0 saturated heterocycles. The van der Waals surface area contributed by atoms with E-state index in [0.717, 1.165) is 6.20 Å². The van der Waals surface area contributed by atoms with E-state index in [2.05, 4.69) is 4.98 Å². The molecule has 0 bridgehead atoms. The summed E-state index contributed by atoms with van der Waals surface area (Å²) in [6, 6.07) is 1.24. The lowest BCUT2D eigenvalue weighted by Crippen LogP contribution is -2.33. The molecule has 0 aromatic carbocycles. The number of carboxylic acid groups (broad SMARTS) is 1. The Balaban J connectivity index is 3.26. The second-order valence-electron chi connectivity index (χ2n) is 2.34. The van der Waals surface area contributed by atoms with Gasteiger partial charge in [0.1, 0.15) is 0 Å². The Morgan fingerprint density at radius 2 is 2.15 bits per heavy atom. The average molecular weight is 182 g/mol. The van der Waals surface area contributed by atoms with Crippen LogP contribution in [0.15, 0.2) is 12.3 Å². The number of anilines is 1. The van der Waals surface area contributed by atoms with Crippen LogP contribution in [0.2, 0.25) is 0 Å². The van der Waals surface area contributed by atoms with Gasteiger partial charge in [-0.05, 0) is 6.07 Å². The largest absolute Gasteiger partial charge is 0.490 e. The molecule has 1 heterocycles. The third kappa shape index (κ3) is 1.77. The first-order chi connectivity index (χ1) is 6.04. The van der Waals surface area contributed by atoms with E-state index in [0.29, 0.717) is 0 Å². The third-order valence-corrected chi connectivity index (χ3v) is 1.50. The highest BCUT2D eigenvalue weighted by molar-refractivity contribution is 6.60. The van der Waals surface area contributed by atoms with Crippen molar-refractivity contribution in [2.45, 2.75) is 0 Å². The van der Waals surface area contributed by atoms with Crippen LogP contribution in [0.1, 0.15) is 10.5 Å². The van der Waals surface area contributed by atoms with Gasteiger partial charge in [-0.15, -0.1) is 0 Å². The molecular formula is C6H7BN2O4. The highest BCUT2D eigenvalue weighted by atomic mass is 16.4. The van der Waals surface area contributed by atoms with E-state index in [-0.39, 0.29) is 16.8 Å². The molecule has 0 unspecified atom stereocenters. The van der Waals surface area contributed by atoms with Gasteiger partial charge < -0.3 is 20.9 Å². The molecule has 0 amide bonds. The van der Waals surface area contributed by atoms with E-state index in [4.69, 9.17) is 20.9 Å². The number of hydrogen-bond acceptors (Lipinski definition) is 5. The van der Waals surface area contributed by atoms with E-state index in [1.54, 1.807) is 0 Å². The molecule has 0 fully saturated rings. The molecule has 0 aliphatic carbocycles. The van der Waals surface area contributed by atoms with Gasteiger partial charge in [-0.25, -0.2) is 9.78 Å². The number of aromatic carboxylic acids is 1. The number of carbonyl (C=O) groups is 1. The fourth-order valence-corrected chi connectivity index (χ4v) is 0.884. The number of pyridine rings is 1. The fourth-order valence-electron chi connectivity index (χ4n) is 0.884. The average Bonchev–Trinajstić information content (AvgIpc) is 2.03. The van der Waals surface area contributed by atoms with Crippen molar-refractivity contribution in [3.8, 4) is 0 Å². The zero-order chi connectivity index (χ0) is 10.0. The van der Waals surface area contributed by atoms with Crippen molar-refractivity contribution in [2.75, 3.05) is 5.73 Å². The van der Waals surface area contributed by atoms with Crippen LogP contribution < -0.4 is 11.2 Å². The van der Waals surface area contributed by atoms with E-state index < -0.39 is 13.1 Å². The summed E-state index contributed by atoms with van der Waals surface area (Å²) in [4.78, 5) is 14.0. The van der Waals surface area contributed by atoms with Gasteiger partial charge >= 0.3 is 13.1 Å². The summed E-state index contributed by atoms with van der Waals surface area (Å²) < 4.78 is 0. The molecule has 5 N–H and O–H groups in total. The zero-order valence-electron chi connectivity index (χ0n) is 6.51. The molecule has 13 heavy (non-hydrogen) atoms. The van der Waals surface area contributed by atoms with Crippen molar-refractivity contribution in [1.82, 2.24) is 4.98 Å². The van der Waals surface area contributed by atoms with E-state index in [9.17, 15) is 4.79 Å². The Morgan fingerprint density at radius 1 is 1.54 bits per heavy atom. The number of rotatable bonds is 2. The first-order valence-electron chi connectivity index (χ1n) is 3.38. The maximum atomic E-state index is 10.5. The van der Waals surface area contributed by atoms with Crippen molar-refractivity contribution in [1.29, 1.82) is 0 Å². The SMILES string of the molecule is Nc1c(B(O)O)ccnc1C(=O)O. The number of nitrogens with two attached hydrogens (primary N) is 1. The topological polar surface area (TPSA) is 117 Å². The maximum absolute atomic E-state index is 10.5. The minimum atomic E-state index is -1.79. The first kappa shape index (κ1) is 9.49. The lowest BCUT2D eigenvalue weighted by Gasteiger charge is -2.05.